The molecule has 5 rings (SSSR count). The van der Waals surface area contributed by atoms with Gasteiger partial charge in [-0.05, 0) is 75.5 Å². The van der Waals surface area contributed by atoms with Crippen LogP contribution in [-0.4, -0.2) is 60.6 Å². The van der Waals surface area contributed by atoms with Gasteiger partial charge in [-0.3, -0.25) is 9.80 Å². The largest absolute Gasteiger partial charge is 0.360 e. The summed E-state index contributed by atoms with van der Waals surface area (Å²) in [6.45, 7) is 7.53. The summed E-state index contributed by atoms with van der Waals surface area (Å²) in [7, 11) is 0. The molecule has 0 aromatic heterocycles. The molecule has 0 radical (unpaired) electrons. The third-order valence-electron chi connectivity index (χ3n) is 9.77. The van der Waals surface area contributed by atoms with E-state index in [0.717, 1.165) is 11.8 Å². The highest BCUT2D eigenvalue weighted by molar-refractivity contribution is 4.87. The minimum Gasteiger partial charge on any atom is -0.360 e. The van der Waals surface area contributed by atoms with Crippen molar-refractivity contribution in [2.45, 2.75) is 141 Å². The predicted octanol–water partition coefficient (Wildman–Crippen LogP) is 6.58. The van der Waals surface area contributed by atoms with Crippen LogP contribution in [0.1, 0.15) is 116 Å². The van der Waals surface area contributed by atoms with Gasteiger partial charge in [-0.1, -0.05) is 58.3 Å². The van der Waals surface area contributed by atoms with Crippen LogP contribution in [0.25, 0.3) is 0 Å². The maximum Gasteiger partial charge on any atom is 0.113 e. The molecule has 0 amide bonds. The molecule has 7 atom stereocenters. The van der Waals surface area contributed by atoms with Crippen molar-refractivity contribution in [3.63, 3.8) is 0 Å². The minimum absolute atomic E-state index is 0.423. The molecular weight excluding hydrogens is 408 g/mol. The maximum atomic E-state index is 6.86. The van der Waals surface area contributed by atoms with Gasteiger partial charge < -0.3 is 9.47 Å². The number of rotatable bonds is 0. The van der Waals surface area contributed by atoms with Crippen LogP contribution in [0, 0.1) is 17.8 Å². The number of fused-ring (bicyclic) bond motifs is 2. The van der Waals surface area contributed by atoms with Crippen LogP contribution in [0.15, 0.2) is 0 Å². The highest BCUT2D eigenvalue weighted by Gasteiger charge is 2.40. The van der Waals surface area contributed by atoms with E-state index < -0.39 is 0 Å². The zero-order chi connectivity index (χ0) is 22.5. The molecule has 4 heteroatoms. The summed E-state index contributed by atoms with van der Waals surface area (Å²) in [5, 5.41) is 0. The summed E-state index contributed by atoms with van der Waals surface area (Å²) in [5.74, 6) is 2.25. The lowest BCUT2D eigenvalue weighted by molar-refractivity contribution is -0.201. The van der Waals surface area contributed by atoms with Gasteiger partial charge in [0.2, 0.25) is 0 Å². The molecule has 5 fully saturated rings. The van der Waals surface area contributed by atoms with Crippen LogP contribution >= 0.6 is 0 Å². The smallest absolute Gasteiger partial charge is 0.113 e. The first-order chi connectivity index (χ1) is 16.3. The molecule has 0 N–H and O–H groups in total. The number of piperidine rings is 2. The SMILES string of the molecule is C[C@@H]1CN2CCC[C@H]3CCCCCC[C@@H]4CCN5CCC[C@@H](CCCCCC[C@H]1O[C@@H]32)[C@@H]5O4. The Kier molecular flexibility index (Phi) is 9.06. The topological polar surface area (TPSA) is 24.9 Å². The second-order valence-electron chi connectivity index (χ2n) is 12.3. The molecule has 5 aliphatic heterocycles. The Bertz CT molecular complexity index is 586. The van der Waals surface area contributed by atoms with Crippen LogP contribution in [-0.2, 0) is 9.47 Å². The van der Waals surface area contributed by atoms with E-state index in [1.165, 1.54) is 135 Å². The van der Waals surface area contributed by atoms with E-state index in [9.17, 15) is 0 Å². The predicted molar refractivity (Wildman–Crippen MR) is 135 cm³/mol. The molecule has 5 saturated heterocycles. The highest BCUT2D eigenvalue weighted by Crippen LogP contribution is 2.37. The lowest BCUT2D eigenvalue weighted by atomic mass is 9.86. The molecule has 0 unspecified atom stereocenters. The third-order valence-corrected chi connectivity index (χ3v) is 9.77. The Morgan fingerprint density at radius 2 is 1.09 bits per heavy atom. The van der Waals surface area contributed by atoms with Gasteiger partial charge in [-0.2, -0.15) is 0 Å². The highest BCUT2D eigenvalue weighted by atomic mass is 16.5. The average Bonchev–Trinajstić information content (AvgIpc) is 2.83. The summed E-state index contributed by atoms with van der Waals surface area (Å²) in [6.07, 6.45) is 25.1. The maximum absolute atomic E-state index is 6.86. The zero-order valence-corrected chi connectivity index (χ0v) is 21.6. The fraction of sp³-hybridized carbons (Fsp3) is 1.00. The molecule has 0 aromatic carbocycles. The van der Waals surface area contributed by atoms with Crippen molar-refractivity contribution in [2.24, 2.45) is 17.8 Å². The van der Waals surface area contributed by atoms with Crippen molar-refractivity contribution < 1.29 is 9.47 Å². The van der Waals surface area contributed by atoms with Crippen molar-refractivity contribution in [3.8, 4) is 0 Å². The summed E-state index contributed by atoms with van der Waals surface area (Å²) >= 11 is 0. The van der Waals surface area contributed by atoms with E-state index in [0.29, 0.717) is 30.6 Å². The van der Waals surface area contributed by atoms with Crippen LogP contribution in [0.2, 0.25) is 0 Å². The number of hydrogen-bond acceptors (Lipinski definition) is 4. The fourth-order valence-electron chi connectivity index (χ4n) is 7.83. The Hall–Kier alpha value is -0.160. The molecular formula is C29H52N2O2. The lowest BCUT2D eigenvalue weighted by Crippen LogP contribution is -2.56. The molecule has 0 spiro atoms. The summed E-state index contributed by atoms with van der Waals surface area (Å²) in [6, 6.07) is 0. The molecule has 190 valence electrons. The van der Waals surface area contributed by atoms with E-state index in [1.54, 1.807) is 0 Å². The van der Waals surface area contributed by atoms with Crippen molar-refractivity contribution in [3.05, 3.63) is 0 Å². The Labute approximate surface area is 204 Å². The van der Waals surface area contributed by atoms with Crippen LogP contribution in [0.3, 0.4) is 0 Å². The summed E-state index contributed by atoms with van der Waals surface area (Å²) in [5.41, 5.74) is 0. The molecule has 0 aliphatic carbocycles. The summed E-state index contributed by atoms with van der Waals surface area (Å²) < 4.78 is 13.6. The van der Waals surface area contributed by atoms with Gasteiger partial charge in [-0.25, -0.2) is 0 Å². The molecule has 0 saturated carbocycles. The van der Waals surface area contributed by atoms with Gasteiger partial charge in [0.1, 0.15) is 12.5 Å². The third kappa shape index (κ3) is 6.35. The molecule has 33 heavy (non-hydrogen) atoms. The molecule has 4 nitrogen and oxygen atoms in total. The van der Waals surface area contributed by atoms with Crippen molar-refractivity contribution >= 4 is 0 Å². The van der Waals surface area contributed by atoms with Gasteiger partial charge >= 0.3 is 0 Å². The van der Waals surface area contributed by atoms with Crippen LogP contribution in [0.4, 0.5) is 0 Å². The summed E-state index contributed by atoms with van der Waals surface area (Å²) in [4.78, 5) is 5.38. The zero-order valence-electron chi connectivity index (χ0n) is 21.6. The molecule has 0 aromatic rings. The lowest BCUT2D eigenvalue weighted by Gasteiger charge is -2.49. The van der Waals surface area contributed by atoms with E-state index >= 15 is 0 Å². The molecule has 5 aliphatic rings. The van der Waals surface area contributed by atoms with Crippen LogP contribution < -0.4 is 0 Å². The van der Waals surface area contributed by atoms with Crippen molar-refractivity contribution in [2.75, 3.05) is 26.2 Å². The van der Waals surface area contributed by atoms with Gasteiger partial charge in [0.25, 0.3) is 0 Å². The number of hydrogen-bond donors (Lipinski definition) is 0. The van der Waals surface area contributed by atoms with Crippen molar-refractivity contribution in [1.82, 2.24) is 9.80 Å². The van der Waals surface area contributed by atoms with E-state index in [1.807, 2.05) is 0 Å². The second-order valence-corrected chi connectivity index (χ2v) is 12.3. The number of nitrogens with zero attached hydrogens (tertiary/aromatic N) is 2. The normalized spacial score (nSPS) is 43.0. The average molecular weight is 461 g/mol. The van der Waals surface area contributed by atoms with Gasteiger partial charge in [0, 0.05) is 26.2 Å². The van der Waals surface area contributed by atoms with E-state index in [-0.39, 0.29) is 0 Å². The van der Waals surface area contributed by atoms with Gasteiger partial charge in [0.05, 0.1) is 12.2 Å². The quantitative estimate of drug-likeness (QED) is 0.407. The Morgan fingerprint density at radius 1 is 0.515 bits per heavy atom. The van der Waals surface area contributed by atoms with Gasteiger partial charge in [-0.15, -0.1) is 0 Å². The Morgan fingerprint density at radius 3 is 1.82 bits per heavy atom. The first-order valence-electron chi connectivity index (χ1n) is 15.1. The molecule has 4 bridgehead atoms. The monoisotopic (exact) mass is 460 g/mol. The second kappa shape index (κ2) is 12.2. The first-order valence-corrected chi connectivity index (χ1v) is 15.1. The number of ether oxygens (including phenoxy) is 2. The standard InChI is InChI=1S/C29H52N2O2/c1-23-22-31-20-11-15-25-13-6-2-4-8-16-26-18-21-30-19-10-14-24(28(30)32-26)12-7-3-5-9-17-27(23)33-29(25)31/h23-29H,2-22H2,1H3/t23-,24-,25-,26-,27-,28+,29+/m1/s1. The first kappa shape index (κ1) is 24.5. The van der Waals surface area contributed by atoms with Crippen molar-refractivity contribution in [1.29, 1.82) is 0 Å². The van der Waals surface area contributed by atoms with E-state index in [4.69, 9.17) is 9.47 Å². The fourth-order valence-corrected chi connectivity index (χ4v) is 7.83. The minimum atomic E-state index is 0.423. The Balaban J connectivity index is 1.18. The molecule has 5 heterocycles. The van der Waals surface area contributed by atoms with Crippen LogP contribution in [0.5, 0.6) is 0 Å². The van der Waals surface area contributed by atoms with Gasteiger partial charge in [0.15, 0.2) is 0 Å². The van der Waals surface area contributed by atoms with E-state index in [2.05, 4.69) is 16.7 Å².